The van der Waals surface area contributed by atoms with Crippen LogP contribution < -0.4 is 0 Å². The summed E-state index contributed by atoms with van der Waals surface area (Å²) in [6.07, 6.45) is 13.0. The minimum absolute atomic E-state index is 0.300. The minimum atomic E-state index is -0.300. The lowest BCUT2D eigenvalue weighted by Crippen LogP contribution is -2.57. The first-order chi connectivity index (χ1) is 9.23. The van der Waals surface area contributed by atoms with Crippen molar-refractivity contribution in [3.63, 3.8) is 0 Å². The van der Waals surface area contributed by atoms with E-state index in [0.29, 0.717) is 5.92 Å². The predicted molar refractivity (Wildman–Crippen MR) is 79.1 cm³/mol. The molecule has 1 aliphatic heterocycles. The van der Waals surface area contributed by atoms with Crippen molar-refractivity contribution < 1.29 is 5.11 Å². The Bertz CT molecular complexity index is 306. The number of piperidine rings is 1. The van der Waals surface area contributed by atoms with E-state index in [9.17, 15) is 5.11 Å². The van der Waals surface area contributed by atoms with Crippen LogP contribution in [0.25, 0.3) is 0 Å². The molecule has 4 unspecified atom stereocenters. The second-order valence-corrected chi connectivity index (χ2v) is 7.31. The van der Waals surface area contributed by atoms with Crippen LogP contribution in [0.2, 0.25) is 0 Å². The second kappa shape index (κ2) is 5.73. The van der Waals surface area contributed by atoms with Gasteiger partial charge in [-0.2, -0.15) is 0 Å². The van der Waals surface area contributed by atoms with Crippen LogP contribution in [0, 0.1) is 11.8 Å². The van der Waals surface area contributed by atoms with Gasteiger partial charge in [-0.25, -0.2) is 0 Å². The molecule has 0 radical (unpaired) electrons. The molecular weight excluding hydrogens is 234 g/mol. The lowest BCUT2D eigenvalue weighted by molar-refractivity contribution is -0.109. The molecule has 0 aromatic carbocycles. The van der Waals surface area contributed by atoms with Crippen LogP contribution in [-0.2, 0) is 0 Å². The summed E-state index contributed by atoms with van der Waals surface area (Å²) >= 11 is 0. The van der Waals surface area contributed by atoms with Crippen molar-refractivity contribution in [3.05, 3.63) is 0 Å². The normalized spacial score (nSPS) is 44.8. The van der Waals surface area contributed by atoms with E-state index in [4.69, 9.17) is 0 Å². The van der Waals surface area contributed by atoms with Gasteiger partial charge in [0.15, 0.2) is 0 Å². The molecule has 3 aliphatic rings. The molecule has 2 nitrogen and oxygen atoms in total. The first kappa shape index (κ1) is 13.9. The van der Waals surface area contributed by atoms with Gasteiger partial charge >= 0.3 is 0 Å². The van der Waals surface area contributed by atoms with E-state index in [0.717, 1.165) is 31.3 Å². The van der Waals surface area contributed by atoms with Crippen LogP contribution in [0.5, 0.6) is 0 Å². The van der Waals surface area contributed by atoms with Crippen molar-refractivity contribution in [2.45, 2.75) is 82.8 Å². The average Bonchev–Trinajstić information content (AvgIpc) is 2.46. The molecule has 0 amide bonds. The van der Waals surface area contributed by atoms with Crippen LogP contribution in [-0.4, -0.2) is 34.7 Å². The van der Waals surface area contributed by atoms with Crippen LogP contribution in [0.3, 0.4) is 0 Å². The maximum absolute atomic E-state index is 10.8. The van der Waals surface area contributed by atoms with Gasteiger partial charge < -0.3 is 5.11 Å². The Morgan fingerprint density at radius 3 is 2.68 bits per heavy atom. The molecule has 1 heterocycles. The molecular formula is C17H31NO. The Hall–Kier alpha value is -0.0800. The first-order valence-corrected chi connectivity index (χ1v) is 8.69. The molecule has 4 atom stereocenters. The average molecular weight is 265 g/mol. The lowest BCUT2D eigenvalue weighted by atomic mass is 9.70. The fourth-order valence-corrected chi connectivity index (χ4v) is 5.04. The van der Waals surface area contributed by atoms with E-state index in [-0.39, 0.29) is 5.60 Å². The van der Waals surface area contributed by atoms with Gasteiger partial charge in [0.25, 0.3) is 0 Å². The van der Waals surface area contributed by atoms with Gasteiger partial charge in [0.05, 0.1) is 5.60 Å². The highest BCUT2D eigenvalue weighted by Gasteiger charge is 2.44. The topological polar surface area (TPSA) is 23.5 Å². The molecule has 3 rings (SSSR count). The fourth-order valence-electron chi connectivity index (χ4n) is 5.04. The summed E-state index contributed by atoms with van der Waals surface area (Å²) in [5.41, 5.74) is -0.300. The first-order valence-electron chi connectivity index (χ1n) is 8.69. The highest BCUT2D eigenvalue weighted by molar-refractivity contribution is 4.98. The Morgan fingerprint density at radius 1 is 1.05 bits per heavy atom. The maximum Gasteiger partial charge on any atom is 0.0700 e. The monoisotopic (exact) mass is 265 g/mol. The third kappa shape index (κ3) is 2.71. The largest absolute Gasteiger partial charge is 0.390 e. The Labute approximate surface area is 118 Å². The van der Waals surface area contributed by atoms with Gasteiger partial charge in [-0.15, -0.1) is 0 Å². The zero-order chi connectivity index (χ0) is 13.3. The molecule has 2 heteroatoms. The maximum atomic E-state index is 10.8. The smallest absolute Gasteiger partial charge is 0.0700 e. The molecule has 0 aromatic rings. The number of likely N-dealkylation sites (tertiary alicyclic amines) is 1. The second-order valence-electron chi connectivity index (χ2n) is 7.31. The van der Waals surface area contributed by atoms with Gasteiger partial charge in [-0.05, 0) is 38.0 Å². The zero-order valence-electron chi connectivity index (χ0n) is 12.6. The Kier molecular flexibility index (Phi) is 4.19. The van der Waals surface area contributed by atoms with Crippen molar-refractivity contribution in [2.75, 3.05) is 13.1 Å². The molecule has 1 saturated heterocycles. The minimum Gasteiger partial charge on any atom is -0.390 e. The predicted octanol–water partition coefficient (Wildman–Crippen LogP) is 3.58. The van der Waals surface area contributed by atoms with Crippen molar-refractivity contribution in [2.24, 2.45) is 11.8 Å². The third-order valence-corrected chi connectivity index (χ3v) is 6.32. The van der Waals surface area contributed by atoms with Crippen molar-refractivity contribution in [3.8, 4) is 0 Å². The Balaban J connectivity index is 1.66. The van der Waals surface area contributed by atoms with E-state index in [1.165, 1.54) is 57.9 Å². The molecule has 110 valence electrons. The number of hydrogen-bond acceptors (Lipinski definition) is 2. The third-order valence-electron chi connectivity index (χ3n) is 6.32. The standard InChI is InChI=1S/C17H31NO/c1-2-14-7-3-4-9-16(14)18-12-11-17(19)10-6-5-8-15(17)13-18/h14-16,19H,2-13H2,1H3. The van der Waals surface area contributed by atoms with Crippen molar-refractivity contribution >= 4 is 0 Å². The van der Waals surface area contributed by atoms with Crippen LogP contribution >= 0.6 is 0 Å². The van der Waals surface area contributed by atoms with E-state index in [1.807, 2.05) is 0 Å². The SMILES string of the molecule is CCC1CCCCC1N1CCC2(O)CCCCC2C1. The number of nitrogens with zero attached hydrogens (tertiary/aromatic N) is 1. The summed E-state index contributed by atoms with van der Waals surface area (Å²) in [7, 11) is 0. The van der Waals surface area contributed by atoms with Gasteiger partial charge in [0.2, 0.25) is 0 Å². The van der Waals surface area contributed by atoms with E-state index in [1.54, 1.807) is 0 Å². The molecule has 0 bridgehead atoms. The van der Waals surface area contributed by atoms with Gasteiger partial charge in [-0.3, -0.25) is 4.90 Å². The van der Waals surface area contributed by atoms with E-state index in [2.05, 4.69) is 11.8 Å². The molecule has 0 spiro atoms. The Morgan fingerprint density at radius 2 is 1.84 bits per heavy atom. The van der Waals surface area contributed by atoms with Crippen LogP contribution in [0.1, 0.15) is 71.1 Å². The number of aliphatic hydroxyl groups is 1. The van der Waals surface area contributed by atoms with E-state index >= 15 is 0 Å². The molecule has 2 aliphatic carbocycles. The highest BCUT2D eigenvalue weighted by Crippen LogP contribution is 2.42. The summed E-state index contributed by atoms with van der Waals surface area (Å²) in [6, 6.07) is 0.824. The lowest BCUT2D eigenvalue weighted by Gasteiger charge is -2.51. The molecule has 2 saturated carbocycles. The zero-order valence-corrected chi connectivity index (χ0v) is 12.6. The molecule has 0 aromatic heterocycles. The van der Waals surface area contributed by atoms with Crippen LogP contribution in [0.4, 0.5) is 0 Å². The number of hydrogen-bond donors (Lipinski definition) is 1. The van der Waals surface area contributed by atoms with Crippen molar-refractivity contribution in [1.82, 2.24) is 4.90 Å². The molecule has 19 heavy (non-hydrogen) atoms. The van der Waals surface area contributed by atoms with Gasteiger partial charge in [0.1, 0.15) is 0 Å². The summed E-state index contributed by atoms with van der Waals surface area (Å²) < 4.78 is 0. The van der Waals surface area contributed by atoms with Gasteiger partial charge in [0, 0.05) is 25.0 Å². The number of fused-ring (bicyclic) bond motifs is 1. The molecule has 1 N–H and O–H groups in total. The highest BCUT2D eigenvalue weighted by atomic mass is 16.3. The fraction of sp³-hybridized carbons (Fsp3) is 1.00. The molecule has 3 fully saturated rings. The number of rotatable bonds is 2. The summed E-state index contributed by atoms with van der Waals surface area (Å²) in [6.45, 7) is 4.69. The van der Waals surface area contributed by atoms with Gasteiger partial charge in [-0.1, -0.05) is 39.0 Å². The van der Waals surface area contributed by atoms with E-state index < -0.39 is 0 Å². The van der Waals surface area contributed by atoms with Crippen molar-refractivity contribution in [1.29, 1.82) is 0 Å². The summed E-state index contributed by atoms with van der Waals surface area (Å²) in [4.78, 5) is 2.76. The summed E-state index contributed by atoms with van der Waals surface area (Å²) in [5.74, 6) is 1.48. The quantitative estimate of drug-likeness (QED) is 0.825. The van der Waals surface area contributed by atoms with Crippen LogP contribution in [0.15, 0.2) is 0 Å². The summed E-state index contributed by atoms with van der Waals surface area (Å²) in [5, 5.41) is 10.8.